The van der Waals surface area contributed by atoms with E-state index in [9.17, 15) is 4.79 Å². The first-order valence-corrected chi connectivity index (χ1v) is 15.8. The number of hydrogen-bond acceptors (Lipinski definition) is 6. The summed E-state index contributed by atoms with van der Waals surface area (Å²) in [6.07, 6.45) is 9.57. The van der Waals surface area contributed by atoms with Gasteiger partial charge in [0.25, 0.3) is 0 Å². The van der Waals surface area contributed by atoms with E-state index in [1.54, 1.807) is 21.3 Å². The molecule has 1 fully saturated rings. The van der Waals surface area contributed by atoms with E-state index < -0.39 is 0 Å². The van der Waals surface area contributed by atoms with E-state index in [0.717, 1.165) is 62.1 Å². The second kappa shape index (κ2) is 13.3. The van der Waals surface area contributed by atoms with Gasteiger partial charge in [0, 0.05) is 12.6 Å². The minimum absolute atomic E-state index is 0.0110. The Morgan fingerprint density at radius 2 is 1.56 bits per heavy atom. The van der Waals surface area contributed by atoms with E-state index >= 15 is 0 Å². The van der Waals surface area contributed by atoms with Crippen molar-refractivity contribution < 1.29 is 23.7 Å². The maximum atomic E-state index is 13.6. The Bertz CT molecular complexity index is 1430. The Balaban J connectivity index is 1.29. The van der Waals surface area contributed by atoms with Crippen LogP contribution in [0.1, 0.15) is 78.4 Å². The quantitative estimate of drug-likeness (QED) is 0.299. The maximum Gasteiger partial charge on any atom is 0.234 e. The SMILES string of the molecule is COc1ccc(CC2c3cc(OC4CCCCC4)c(OC)cc3CCN2CC(=O)NC2CCc3ccccc32)cc1OC. The van der Waals surface area contributed by atoms with E-state index in [1.165, 1.54) is 41.5 Å². The van der Waals surface area contributed by atoms with Gasteiger partial charge < -0.3 is 24.3 Å². The van der Waals surface area contributed by atoms with Crippen molar-refractivity contribution in [2.45, 2.75) is 76.0 Å². The van der Waals surface area contributed by atoms with Gasteiger partial charge in [0.2, 0.25) is 5.91 Å². The second-order valence-electron chi connectivity index (χ2n) is 12.1. The number of nitrogens with one attached hydrogen (secondary N) is 1. The Labute approximate surface area is 255 Å². The zero-order valence-corrected chi connectivity index (χ0v) is 25.7. The molecule has 0 spiro atoms. The minimum atomic E-state index is -0.0110. The maximum absolute atomic E-state index is 13.6. The molecule has 0 radical (unpaired) electrons. The molecule has 1 heterocycles. The number of carbonyl (C=O) groups excluding carboxylic acids is 1. The molecule has 43 heavy (non-hydrogen) atoms. The molecule has 6 rings (SSSR count). The number of rotatable bonds is 10. The number of fused-ring (bicyclic) bond motifs is 2. The number of nitrogens with zero attached hydrogens (tertiary/aromatic N) is 1. The molecule has 0 saturated heterocycles. The number of amides is 1. The van der Waals surface area contributed by atoms with Gasteiger partial charge in [-0.15, -0.1) is 0 Å². The predicted molar refractivity (Wildman–Crippen MR) is 167 cm³/mol. The van der Waals surface area contributed by atoms with Crippen molar-refractivity contribution in [2.24, 2.45) is 0 Å². The lowest BCUT2D eigenvalue weighted by Crippen LogP contribution is -2.44. The number of benzene rings is 3. The zero-order valence-electron chi connectivity index (χ0n) is 25.7. The van der Waals surface area contributed by atoms with Crippen molar-refractivity contribution >= 4 is 5.91 Å². The first-order chi connectivity index (χ1) is 21.1. The standard InChI is InChI=1S/C36H44N2O5/c1-40-32-16-13-24(20-33(32)41-2)19-31-29-22-35(43-27-10-5-4-6-11-27)34(42-3)21-26(29)17-18-38(31)23-36(39)37-30-15-14-25-9-7-8-12-28(25)30/h7-9,12-13,16,20-22,27,30-31H,4-6,10-11,14-15,17-19,23H2,1-3H3,(H,37,39). The number of hydrogen-bond donors (Lipinski definition) is 1. The molecule has 1 N–H and O–H groups in total. The lowest BCUT2D eigenvalue weighted by Gasteiger charge is -2.38. The summed E-state index contributed by atoms with van der Waals surface area (Å²) in [6, 6.07) is 18.9. The number of carbonyl (C=O) groups is 1. The van der Waals surface area contributed by atoms with Crippen LogP contribution in [-0.2, 0) is 24.1 Å². The van der Waals surface area contributed by atoms with E-state index in [2.05, 4.69) is 52.7 Å². The van der Waals surface area contributed by atoms with Crippen LogP contribution in [0.5, 0.6) is 23.0 Å². The Hall–Kier alpha value is -3.71. The summed E-state index contributed by atoms with van der Waals surface area (Å²) in [5.74, 6) is 3.07. The van der Waals surface area contributed by atoms with Crippen LogP contribution in [0.15, 0.2) is 54.6 Å². The Kier molecular flexibility index (Phi) is 9.08. The van der Waals surface area contributed by atoms with Crippen LogP contribution in [0, 0.1) is 0 Å². The molecule has 7 nitrogen and oxygen atoms in total. The average Bonchev–Trinajstić information content (AvgIpc) is 3.44. The molecule has 7 heteroatoms. The monoisotopic (exact) mass is 584 g/mol. The van der Waals surface area contributed by atoms with Gasteiger partial charge in [0.15, 0.2) is 23.0 Å². The summed E-state index contributed by atoms with van der Waals surface area (Å²) in [4.78, 5) is 15.9. The fraction of sp³-hybridized carbons (Fsp3) is 0.472. The summed E-state index contributed by atoms with van der Waals surface area (Å²) in [5, 5.41) is 3.35. The Morgan fingerprint density at radius 1 is 0.791 bits per heavy atom. The molecule has 1 amide bonds. The molecule has 3 aromatic carbocycles. The fourth-order valence-corrected chi connectivity index (χ4v) is 7.17. The van der Waals surface area contributed by atoms with Crippen molar-refractivity contribution in [1.29, 1.82) is 0 Å². The highest BCUT2D eigenvalue weighted by Crippen LogP contribution is 2.41. The normalized spacial score (nSPS) is 20.2. The number of ether oxygens (including phenoxy) is 4. The highest BCUT2D eigenvalue weighted by atomic mass is 16.5. The van der Waals surface area contributed by atoms with Gasteiger partial charge in [-0.25, -0.2) is 0 Å². The van der Waals surface area contributed by atoms with Gasteiger partial charge in [-0.3, -0.25) is 9.69 Å². The lowest BCUT2D eigenvalue weighted by molar-refractivity contribution is -0.123. The van der Waals surface area contributed by atoms with Crippen molar-refractivity contribution in [3.8, 4) is 23.0 Å². The summed E-state index contributed by atoms with van der Waals surface area (Å²) in [7, 11) is 5.03. The molecular formula is C36H44N2O5. The van der Waals surface area contributed by atoms with Crippen LogP contribution in [-0.4, -0.2) is 51.3 Å². The van der Waals surface area contributed by atoms with E-state index in [4.69, 9.17) is 18.9 Å². The fourth-order valence-electron chi connectivity index (χ4n) is 7.17. The number of aryl methyl sites for hydroxylation is 1. The molecule has 2 unspecified atom stereocenters. The molecule has 2 atom stereocenters. The minimum Gasteiger partial charge on any atom is -0.493 e. The zero-order chi connectivity index (χ0) is 29.8. The predicted octanol–water partition coefficient (Wildman–Crippen LogP) is 6.37. The van der Waals surface area contributed by atoms with E-state index in [0.29, 0.717) is 18.0 Å². The first kappa shape index (κ1) is 29.4. The van der Waals surface area contributed by atoms with Crippen LogP contribution in [0.3, 0.4) is 0 Å². The molecule has 228 valence electrons. The molecule has 1 aliphatic heterocycles. The third-order valence-corrected chi connectivity index (χ3v) is 9.43. The molecular weight excluding hydrogens is 540 g/mol. The third kappa shape index (κ3) is 6.47. The average molecular weight is 585 g/mol. The lowest BCUT2D eigenvalue weighted by atomic mass is 9.88. The molecule has 3 aliphatic rings. The summed E-state index contributed by atoms with van der Waals surface area (Å²) in [5.41, 5.74) is 6.16. The molecule has 0 bridgehead atoms. The largest absolute Gasteiger partial charge is 0.493 e. The van der Waals surface area contributed by atoms with Crippen molar-refractivity contribution in [3.63, 3.8) is 0 Å². The van der Waals surface area contributed by atoms with Crippen LogP contribution < -0.4 is 24.3 Å². The smallest absolute Gasteiger partial charge is 0.234 e. The van der Waals surface area contributed by atoms with Gasteiger partial charge >= 0.3 is 0 Å². The molecule has 2 aliphatic carbocycles. The van der Waals surface area contributed by atoms with Crippen molar-refractivity contribution in [2.75, 3.05) is 34.4 Å². The van der Waals surface area contributed by atoms with E-state index in [-0.39, 0.29) is 24.1 Å². The van der Waals surface area contributed by atoms with Gasteiger partial charge in [-0.1, -0.05) is 36.8 Å². The Morgan fingerprint density at radius 3 is 2.35 bits per heavy atom. The summed E-state index contributed by atoms with van der Waals surface area (Å²) >= 11 is 0. The molecule has 3 aromatic rings. The van der Waals surface area contributed by atoms with Gasteiger partial charge in [0.05, 0.1) is 40.0 Å². The molecule has 0 aromatic heterocycles. The topological polar surface area (TPSA) is 69.3 Å². The first-order valence-electron chi connectivity index (χ1n) is 15.8. The van der Waals surface area contributed by atoms with Crippen LogP contribution in [0.25, 0.3) is 0 Å². The van der Waals surface area contributed by atoms with Crippen LogP contribution in [0.4, 0.5) is 0 Å². The highest BCUT2D eigenvalue weighted by Gasteiger charge is 2.32. The number of methoxy groups -OCH3 is 3. The van der Waals surface area contributed by atoms with Crippen LogP contribution >= 0.6 is 0 Å². The highest BCUT2D eigenvalue weighted by molar-refractivity contribution is 5.79. The summed E-state index contributed by atoms with van der Waals surface area (Å²) < 4.78 is 23.5. The van der Waals surface area contributed by atoms with Crippen molar-refractivity contribution in [3.05, 3.63) is 82.4 Å². The van der Waals surface area contributed by atoms with Gasteiger partial charge in [0.1, 0.15) is 0 Å². The van der Waals surface area contributed by atoms with Gasteiger partial charge in [-0.2, -0.15) is 0 Å². The van der Waals surface area contributed by atoms with Crippen LogP contribution in [0.2, 0.25) is 0 Å². The van der Waals surface area contributed by atoms with Gasteiger partial charge in [-0.05, 0) is 103 Å². The van der Waals surface area contributed by atoms with Crippen molar-refractivity contribution in [1.82, 2.24) is 10.2 Å². The summed E-state index contributed by atoms with van der Waals surface area (Å²) in [6.45, 7) is 1.12. The molecule has 1 saturated carbocycles. The third-order valence-electron chi connectivity index (χ3n) is 9.43. The second-order valence-corrected chi connectivity index (χ2v) is 12.1. The van der Waals surface area contributed by atoms with E-state index in [1.807, 2.05) is 12.1 Å².